The first-order valence-corrected chi connectivity index (χ1v) is 7.42. The van der Waals surface area contributed by atoms with Gasteiger partial charge in [0.05, 0.1) is 4.92 Å². The third-order valence-electron chi connectivity index (χ3n) is 2.39. The summed E-state index contributed by atoms with van der Waals surface area (Å²) in [7, 11) is -3.65. The summed E-state index contributed by atoms with van der Waals surface area (Å²) in [6, 6.07) is 4.16. The number of nitrogens with zero attached hydrogens (tertiary/aromatic N) is 1. The van der Waals surface area contributed by atoms with E-state index in [4.69, 9.17) is 6.42 Å². The fraction of sp³-hybridized carbons (Fsp3) is 0.333. The van der Waals surface area contributed by atoms with E-state index in [-0.39, 0.29) is 10.6 Å². The molecule has 1 aromatic carbocycles. The molecule has 19 heavy (non-hydrogen) atoms. The van der Waals surface area contributed by atoms with Gasteiger partial charge in [-0.15, -0.1) is 12.3 Å². The largest absolute Gasteiger partial charge is 0.379 e. The number of para-hydroxylation sites is 1. The van der Waals surface area contributed by atoms with E-state index in [0.717, 1.165) is 6.26 Å². The lowest BCUT2D eigenvalue weighted by molar-refractivity contribution is -0.386. The first-order valence-electron chi connectivity index (χ1n) is 5.52. The first-order chi connectivity index (χ1) is 8.88. The number of rotatable bonds is 6. The minimum Gasteiger partial charge on any atom is -0.379 e. The van der Waals surface area contributed by atoms with Crippen LogP contribution in [0.1, 0.15) is 12.8 Å². The summed E-state index contributed by atoms with van der Waals surface area (Å²) < 4.78 is 23.1. The van der Waals surface area contributed by atoms with Crippen LogP contribution in [0, 0.1) is 22.5 Å². The fourth-order valence-electron chi connectivity index (χ4n) is 1.57. The molecule has 1 aromatic rings. The molecule has 0 saturated heterocycles. The van der Waals surface area contributed by atoms with Crippen molar-refractivity contribution in [3.8, 4) is 12.3 Å². The molecule has 0 fully saturated rings. The SMILES string of the molecule is C#CCCCNc1cccc(S(C)(=O)=O)c1[N+](=O)[O-]. The Bertz CT molecular complexity index is 617. The molecule has 1 N–H and O–H groups in total. The van der Waals surface area contributed by atoms with Gasteiger partial charge in [-0.05, 0) is 18.6 Å². The lowest BCUT2D eigenvalue weighted by atomic mass is 10.2. The second-order valence-corrected chi connectivity index (χ2v) is 5.90. The molecule has 0 aliphatic rings. The van der Waals surface area contributed by atoms with Crippen molar-refractivity contribution in [3.05, 3.63) is 28.3 Å². The van der Waals surface area contributed by atoms with Gasteiger partial charge in [0, 0.05) is 19.2 Å². The number of hydrogen-bond donors (Lipinski definition) is 1. The summed E-state index contributed by atoms with van der Waals surface area (Å²) in [4.78, 5) is 10.1. The van der Waals surface area contributed by atoms with Crippen LogP contribution in [0.15, 0.2) is 23.1 Å². The zero-order valence-electron chi connectivity index (χ0n) is 10.4. The van der Waals surface area contributed by atoms with E-state index in [0.29, 0.717) is 19.4 Å². The van der Waals surface area contributed by atoms with Gasteiger partial charge in [-0.3, -0.25) is 10.1 Å². The molecule has 0 spiro atoms. The average molecular weight is 282 g/mol. The van der Waals surface area contributed by atoms with E-state index in [1.54, 1.807) is 0 Å². The van der Waals surface area contributed by atoms with Crippen molar-refractivity contribution in [2.75, 3.05) is 18.1 Å². The summed E-state index contributed by atoms with van der Waals surface area (Å²) in [5.41, 5.74) is -0.240. The Labute approximate surface area is 111 Å². The van der Waals surface area contributed by atoms with Crippen molar-refractivity contribution in [1.29, 1.82) is 0 Å². The van der Waals surface area contributed by atoms with E-state index in [2.05, 4.69) is 11.2 Å². The number of nitro benzene ring substituents is 1. The van der Waals surface area contributed by atoms with Crippen LogP contribution in [-0.4, -0.2) is 26.1 Å². The van der Waals surface area contributed by atoms with Gasteiger partial charge < -0.3 is 5.32 Å². The van der Waals surface area contributed by atoms with Crippen molar-refractivity contribution in [3.63, 3.8) is 0 Å². The van der Waals surface area contributed by atoms with Gasteiger partial charge in [-0.1, -0.05) is 6.07 Å². The van der Waals surface area contributed by atoms with Gasteiger partial charge in [0.2, 0.25) is 0 Å². The Kier molecular flexibility index (Phi) is 4.89. The molecule has 0 saturated carbocycles. The van der Waals surface area contributed by atoms with Crippen LogP contribution in [0.4, 0.5) is 11.4 Å². The molecule has 1 rings (SSSR count). The lowest BCUT2D eigenvalue weighted by Gasteiger charge is -2.08. The van der Waals surface area contributed by atoms with Gasteiger partial charge >= 0.3 is 5.69 Å². The van der Waals surface area contributed by atoms with Crippen LogP contribution in [-0.2, 0) is 9.84 Å². The molecule has 0 radical (unpaired) electrons. The molecular weight excluding hydrogens is 268 g/mol. The number of anilines is 1. The molecular formula is C12H14N2O4S. The highest BCUT2D eigenvalue weighted by molar-refractivity contribution is 7.90. The number of benzene rings is 1. The van der Waals surface area contributed by atoms with Crippen molar-refractivity contribution < 1.29 is 13.3 Å². The second-order valence-electron chi connectivity index (χ2n) is 3.92. The molecule has 0 heterocycles. The quantitative estimate of drug-likeness (QED) is 0.372. The molecule has 0 amide bonds. The Morgan fingerprint density at radius 2 is 2.16 bits per heavy atom. The number of sulfone groups is 1. The molecule has 0 aliphatic carbocycles. The average Bonchev–Trinajstić information content (AvgIpc) is 2.33. The van der Waals surface area contributed by atoms with Gasteiger partial charge in [-0.2, -0.15) is 0 Å². The molecule has 0 aromatic heterocycles. The number of unbranched alkanes of at least 4 members (excludes halogenated alkanes) is 1. The van der Waals surface area contributed by atoms with Crippen molar-refractivity contribution in [2.45, 2.75) is 17.7 Å². The zero-order valence-corrected chi connectivity index (χ0v) is 11.2. The molecule has 102 valence electrons. The first kappa shape index (κ1) is 15.0. The molecule has 0 unspecified atom stereocenters. The van der Waals surface area contributed by atoms with Crippen molar-refractivity contribution >= 4 is 21.2 Å². The molecule has 0 aliphatic heterocycles. The fourth-order valence-corrected chi connectivity index (χ4v) is 2.43. The minimum atomic E-state index is -3.65. The third kappa shape index (κ3) is 3.96. The summed E-state index contributed by atoms with van der Waals surface area (Å²) in [5, 5.41) is 13.9. The summed E-state index contributed by atoms with van der Waals surface area (Å²) in [6.07, 6.45) is 7.24. The van der Waals surface area contributed by atoms with Crippen LogP contribution in [0.25, 0.3) is 0 Å². The van der Waals surface area contributed by atoms with E-state index in [1.165, 1.54) is 18.2 Å². The number of terminal acetylenes is 1. The lowest BCUT2D eigenvalue weighted by Crippen LogP contribution is -2.08. The van der Waals surface area contributed by atoms with Crippen LogP contribution in [0.3, 0.4) is 0 Å². The van der Waals surface area contributed by atoms with E-state index < -0.39 is 20.4 Å². The van der Waals surface area contributed by atoms with Crippen molar-refractivity contribution in [2.24, 2.45) is 0 Å². The van der Waals surface area contributed by atoms with Crippen LogP contribution in [0.5, 0.6) is 0 Å². The van der Waals surface area contributed by atoms with Crippen LogP contribution in [0.2, 0.25) is 0 Å². The number of hydrogen-bond acceptors (Lipinski definition) is 5. The van der Waals surface area contributed by atoms with E-state index >= 15 is 0 Å². The highest BCUT2D eigenvalue weighted by Crippen LogP contribution is 2.31. The number of nitrogens with one attached hydrogen (secondary N) is 1. The Balaban J connectivity index is 3.12. The molecule has 7 heteroatoms. The van der Waals surface area contributed by atoms with Gasteiger partial charge in [0.1, 0.15) is 10.6 Å². The predicted octanol–water partition coefficient (Wildman–Crippen LogP) is 1.82. The monoisotopic (exact) mass is 282 g/mol. The minimum absolute atomic E-state index is 0.185. The highest BCUT2D eigenvalue weighted by Gasteiger charge is 2.25. The zero-order chi connectivity index (χ0) is 14.5. The van der Waals surface area contributed by atoms with Gasteiger partial charge in [-0.25, -0.2) is 8.42 Å². The van der Waals surface area contributed by atoms with Crippen molar-refractivity contribution in [1.82, 2.24) is 0 Å². The highest BCUT2D eigenvalue weighted by atomic mass is 32.2. The third-order valence-corrected chi connectivity index (χ3v) is 3.52. The summed E-state index contributed by atoms with van der Waals surface area (Å²) >= 11 is 0. The second kappa shape index (κ2) is 6.20. The smallest absolute Gasteiger partial charge is 0.310 e. The van der Waals surface area contributed by atoms with Crippen LogP contribution >= 0.6 is 0 Å². The maximum absolute atomic E-state index is 11.5. The van der Waals surface area contributed by atoms with Crippen LogP contribution < -0.4 is 5.32 Å². The normalized spacial score (nSPS) is 10.7. The Morgan fingerprint density at radius 3 is 2.68 bits per heavy atom. The molecule has 0 bridgehead atoms. The molecule has 0 atom stereocenters. The van der Waals surface area contributed by atoms with E-state index in [1.807, 2.05) is 0 Å². The van der Waals surface area contributed by atoms with Gasteiger partial charge in [0.25, 0.3) is 0 Å². The summed E-state index contributed by atoms with van der Waals surface area (Å²) in [6.45, 7) is 0.443. The maximum Gasteiger partial charge on any atom is 0.310 e. The predicted molar refractivity (Wildman–Crippen MR) is 72.8 cm³/mol. The topological polar surface area (TPSA) is 89.3 Å². The van der Waals surface area contributed by atoms with Gasteiger partial charge in [0.15, 0.2) is 9.84 Å². The summed E-state index contributed by atoms with van der Waals surface area (Å²) in [5.74, 6) is 2.46. The number of nitro groups is 1. The Morgan fingerprint density at radius 1 is 1.47 bits per heavy atom. The van der Waals surface area contributed by atoms with E-state index in [9.17, 15) is 18.5 Å². The molecule has 6 nitrogen and oxygen atoms in total. The Hall–Kier alpha value is -2.07. The standard InChI is InChI=1S/C12H14N2O4S/c1-3-4-5-9-13-10-7-6-8-11(19(2,17)18)12(10)14(15)16/h1,6-8,13H,4-5,9H2,2H3. The maximum atomic E-state index is 11.5.